The Morgan fingerprint density at radius 2 is 2.09 bits per heavy atom. The van der Waals surface area contributed by atoms with Gasteiger partial charge in [-0.25, -0.2) is 5.48 Å². The lowest BCUT2D eigenvalue weighted by Gasteiger charge is -2.15. The summed E-state index contributed by atoms with van der Waals surface area (Å²) < 4.78 is 46.3. The smallest absolute Gasteiger partial charge is 0.471 e. The average Bonchev–Trinajstić information content (AvgIpc) is 2.89. The molecule has 0 atom stereocenters. The van der Waals surface area contributed by atoms with Gasteiger partial charge >= 0.3 is 6.36 Å². The number of rotatable bonds is 5. The van der Waals surface area contributed by atoms with Crippen LogP contribution in [-0.2, 0) is 6.61 Å². The minimum Gasteiger partial charge on any atom is -0.471 e. The van der Waals surface area contributed by atoms with Crippen LogP contribution in [0.5, 0.6) is 11.6 Å². The van der Waals surface area contributed by atoms with Gasteiger partial charge in [-0.1, -0.05) is 11.2 Å². The number of carbonyl (C=O) groups is 1. The first kappa shape index (κ1) is 16.4. The first-order valence-electron chi connectivity index (χ1n) is 6.00. The molecular weight excluding hydrogens is 323 g/mol. The van der Waals surface area contributed by atoms with Gasteiger partial charge in [-0.2, -0.15) is 0 Å². The van der Waals surface area contributed by atoms with Crippen molar-refractivity contribution >= 4 is 5.91 Å². The summed E-state index contributed by atoms with van der Waals surface area (Å²) in [6.07, 6.45) is -3.84. The van der Waals surface area contributed by atoms with E-state index >= 15 is 0 Å². The van der Waals surface area contributed by atoms with E-state index in [2.05, 4.69) is 9.84 Å². The van der Waals surface area contributed by atoms with E-state index in [4.69, 9.17) is 15.2 Å². The quantitative estimate of drug-likeness (QED) is 0.437. The molecule has 11 heteroatoms. The summed E-state index contributed by atoms with van der Waals surface area (Å²) in [7, 11) is 0. The van der Waals surface area contributed by atoms with Crippen molar-refractivity contribution in [2.45, 2.75) is 13.0 Å². The summed E-state index contributed by atoms with van der Waals surface area (Å²) in [6, 6.07) is 4.57. The lowest BCUT2D eigenvalue weighted by atomic mass is 10.1. The number of benzene rings is 1. The number of halogens is 3. The maximum Gasteiger partial charge on any atom is 0.573 e. The fourth-order valence-electron chi connectivity index (χ4n) is 1.73. The zero-order valence-corrected chi connectivity index (χ0v) is 11.2. The van der Waals surface area contributed by atoms with Crippen molar-refractivity contribution < 1.29 is 37.9 Å². The Hall–Kier alpha value is -2.95. The number of aromatic nitrogens is 2. The van der Waals surface area contributed by atoms with Crippen LogP contribution in [0.4, 0.5) is 13.2 Å². The van der Waals surface area contributed by atoms with Crippen LogP contribution in [0, 0.1) is 0 Å². The molecule has 0 bridgehead atoms. The maximum atomic E-state index is 12.4. The summed E-state index contributed by atoms with van der Waals surface area (Å²) in [5, 5.41) is 21.1. The molecule has 1 aromatic carbocycles. The second-order valence-corrected chi connectivity index (χ2v) is 4.13. The summed E-state index contributed by atoms with van der Waals surface area (Å²) in [6.45, 7) is -0.522. The molecule has 0 saturated heterocycles. The van der Waals surface area contributed by atoms with Gasteiger partial charge in [0.2, 0.25) is 5.88 Å². The number of nitrogens with zero attached hydrogens (tertiary/aromatic N) is 2. The Bertz CT molecular complexity index is 701. The molecule has 1 amide bonds. The third-order valence-corrected chi connectivity index (χ3v) is 2.62. The lowest BCUT2D eigenvalue weighted by Crippen LogP contribution is -2.23. The number of carbonyl (C=O) groups excluding carboxylic acids is 1. The van der Waals surface area contributed by atoms with Crippen LogP contribution in [0.25, 0.3) is 0 Å². The normalized spacial score (nSPS) is 11.1. The first-order valence-corrected chi connectivity index (χ1v) is 6.00. The molecule has 23 heavy (non-hydrogen) atoms. The van der Waals surface area contributed by atoms with Gasteiger partial charge in [0.15, 0.2) is 0 Å². The van der Waals surface area contributed by atoms with Crippen molar-refractivity contribution in [2.75, 3.05) is 0 Å². The van der Waals surface area contributed by atoms with E-state index in [1.165, 1.54) is 17.6 Å². The van der Waals surface area contributed by atoms with Gasteiger partial charge in [0, 0.05) is 11.6 Å². The maximum absolute atomic E-state index is 12.4. The number of hydrogen-bond donors (Lipinski definition) is 3. The van der Waals surface area contributed by atoms with E-state index in [1.54, 1.807) is 0 Å². The van der Waals surface area contributed by atoms with Crippen molar-refractivity contribution in [1.82, 2.24) is 15.4 Å². The van der Waals surface area contributed by atoms with Crippen LogP contribution in [0.1, 0.15) is 15.9 Å². The van der Waals surface area contributed by atoms with E-state index in [-0.39, 0.29) is 17.0 Å². The molecule has 0 saturated carbocycles. The van der Waals surface area contributed by atoms with E-state index in [0.29, 0.717) is 4.85 Å². The highest BCUT2D eigenvalue weighted by Crippen LogP contribution is 2.29. The molecule has 8 nitrogen and oxygen atoms in total. The molecule has 0 fully saturated rings. The molecule has 1 heterocycles. The minimum atomic E-state index is -4.98. The van der Waals surface area contributed by atoms with Gasteiger partial charge in [-0.05, 0) is 12.1 Å². The molecule has 124 valence electrons. The van der Waals surface area contributed by atoms with Gasteiger partial charge < -0.3 is 14.7 Å². The van der Waals surface area contributed by atoms with Crippen molar-refractivity contribution in [3.05, 3.63) is 41.6 Å². The van der Waals surface area contributed by atoms with Crippen LogP contribution >= 0.6 is 0 Å². The van der Waals surface area contributed by atoms with Crippen molar-refractivity contribution in [1.29, 1.82) is 0 Å². The monoisotopic (exact) mass is 333 g/mol. The summed E-state index contributed by atoms with van der Waals surface area (Å²) in [5.41, 5.74) is 0.783. The van der Waals surface area contributed by atoms with Crippen LogP contribution in [0.3, 0.4) is 0 Å². The molecule has 0 aliphatic carbocycles. The zero-order valence-electron chi connectivity index (χ0n) is 11.2. The Morgan fingerprint density at radius 3 is 2.65 bits per heavy atom. The number of hydroxylamine groups is 1. The molecule has 0 aliphatic heterocycles. The number of ether oxygens (including phenoxy) is 2. The molecule has 0 unspecified atom stereocenters. The van der Waals surface area contributed by atoms with Crippen LogP contribution in [-0.4, -0.2) is 32.6 Å². The summed E-state index contributed by atoms with van der Waals surface area (Å²) >= 11 is 0. The van der Waals surface area contributed by atoms with Crippen LogP contribution < -0.4 is 15.0 Å². The largest absolute Gasteiger partial charge is 0.573 e. The molecule has 2 rings (SSSR count). The van der Waals surface area contributed by atoms with Crippen molar-refractivity contribution in [2.24, 2.45) is 0 Å². The van der Waals surface area contributed by atoms with Gasteiger partial charge in [0.05, 0.1) is 11.8 Å². The first-order chi connectivity index (χ1) is 10.8. The minimum absolute atomic E-state index is 0.0929. The predicted molar refractivity (Wildman–Crippen MR) is 66.1 cm³/mol. The second kappa shape index (κ2) is 6.44. The Labute approximate surface area is 126 Å². The Balaban J connectivity index is 2.33. The summed E-state index contributed by atoms with van der Waals surface area (Å²) in [4.78, 5) is 12.0. The third-order valence-electron chi connectivity index (χ3n) is 2.62. The molecule has 0 radical (unpaired) electrons. The van der Waals surface area contributed by atoms with E-state index in [1.807, 2.05) is 0 Å². The van der Waals surface area contributed by atoms with Gasteiger partial charge in [0.1, 0.15) is 12.4 Å². The average molecular weight is 333 g/mol. The van der Waals surface area contributed by atoms with E-state index in [0.717, 1.165) is 18.3 Å². The van der Waals surface area contributed by atoms with E-state index < -0.39 is 24.6 Å². The number of amides is 1. The molecule has 0 spiro atoms. The Morgan fingerprint density at radius 1 is 1.35 bits per heavy atom. The topological polar surface area (TPSA) is 106 Å². The van der Waals surface area contributed by atoms with Crippen LogP contribution in [0.2, 0.25) is 0 Å². The lowest BCUT2D eigenvalue weighted by molar-refractivity contribution is -0.275. The van der Waals surface area contributed by atoms with Gasteiger partial charge in [-0.3, -0.25) is 10.0 Å². The fraction of sp³-hybridized carbons (Fsp3) is 0.167. The molecule has 2 aromatic rings. The SMILES string of the molecule is O=C(NO)c1cccc(OC(F)(F)F)c1COc1ccn(O)n1. The van der Waals surface area contributed by atoms with E-state index in [9.17, 15) is 18.0 Å². The second-order valence-electron chi connectivity index (χ2n) is 4.13. The van der Waals surface area contributed by atoms with Crippen molar-refractivity contribution in [3.8, 4) is 11.6 Å². The van der Waals surface area contributed by atoms with Crippen LogP contribution in [0.15, 0.2) is 30.5 Å². The number of hydrogen-bond acceptors (Lipinski definition) is 6. The number of alkyl halides is 3. The van der Waals surface area contributed by atoms with Gasteiger partial charge in [0.25, 0.3) is 5.91 Å². The highest BCUT2D eigenvalue weighted by molar-refractivity contribution is 5.95. The highest BCUT2D eigenvalue weighted by atomic mass is 19.4. The number of nitrogens with one attached hydrogen (secondary N) is 1. The van der Waals surface area contributed by atoms with Crippen molar-refractivity contribution in [3.63, 3.8) is 0 Å². The Kier molecular flexibility index (Phi) is 4.60. The fourth-order valence-corrected chi connectivity index (χ4v) is 1.73. The predicted octanol–water partition coefficient (Wildman–Crippen LogP) is 1.72. The standard InChI is InChI=1S/C12H10F3N3O5/c13-12(14,15)23-9-3-1-2-7(11(19)17-20)8(9)6-22-10-4-5-18(21)16-10/h1-5,20-21H,6H2,(H,17,19). The highest BCUT2D eigenvalue weighted by Gasteiger charge is 2.33. The zero-order chi connectivity index (χ0) is 17.0. The molecule has 3 N–H and O–H groups in total. The molecule has 0 aliphatic rings. The molecule has 1 aromatic heterocycles. The third kappa shape index (κ3) is 4.26. The summed E-state index contributed by atoms with van der Waals surface area (Å²) in [5.74, 6) is -1.80. The van der Waals surface area contributed by atoms with Gasteiger partial charge in [-0.15, -0.1) is 18.0 Å². The molecular formula is C12H10F3N3O5.